The van der Waals surface area contributed by atoms with E-state index in [4.69, 9.17) is 0 Å². The average Bonchev–Trinajstić information content (AvgIpc) is 3.52. The average molecular weight is 534 g/mol. The molecular weight excluding hydrogens is 518 g/mol. The summed E-state index contributed by atoms with van der Waals surface area (Å²) in [5.41, 5.74) is 0.675. The number of fused-ring (bicyclic) bond motifs is 1. The maximum absolute atomic E-state index is 13.1. The normalized spacial score (nSPS) is 12.2. The number of hydrogen-bond donors (Lipinski definition) is 2. The van der Waals surface area contributed by atoms with Gasteiger partial charge in [0.1, 0.15) is 6.33 Å². The summed E-state index contributed by atoms with van der Waals surface area (Å²) < 4.78 is 79.7. The highest BCUT2D eigenvalue weighted by molar-refractivity contribution is 7.08. The van der Waals surface area contributed by atoms with Crippen LogP contribution < -0.4 is 10.6 Å². The van der Waals surface area contributed by atoms with Gasteiger partial charge in [0.2, 0.25) is 5.95 Å². The van der Waals surface area contributed by atoms with E-state index in [9.17, 15) is 26.3 Å². The first-order chi connectivity index (χ1) is 17.6. The van der Waals surface area contributed by atoms with E-state index in [0.717, 1.165) is 30.0 Å². The molecule has 3 heterocycles. The number of anilines is 3. The topological polar surface area (TPSA) is 67.7 Å². The molecule has 3 aromatic heterocycles. The number of nitrogens with one attached hydrogen (secondary N) is 2. The molecule has 0 bridgehead atoms. The lowest BCUT2D eigenvalue weighted by molar-refractivity contribution is -0.138. The van der Waals surface area contributed by atoms with Crippen molar-refractivity contribution in [2.45, 2.75) is 18.9 Å². The van der Waals surface area contributed by atoms with Gasteiger partial charge < -0.3 is 10.6 Å². The molecule has 190 valence electrons. The van der Waals surface area contributed by atoms with Crippen LogP contribution in [-0.4, -0.2) is 19.5 Å². The molecule has 0 unspecified atom stereocenters. The van der Waals surface area contributed by atoms with E-state index in [1.54, 1.807) is 17.0 Å². The van der Waals surface area contributed by atoms with Crippen LogP contribution in [0.25, 0.3) is 16.9 Å². The van der Waals surface area contributed by atoms with Crippen LogP contribution in [0.1, 0.15) is 16.7 Å². The second kappa shape index (κ2) is 9.39. The van der Waals surface area contributed by atoms with Crippen molar-refractivity contribution in [3.05, 3.63) is 88.4 Å². The molecule has 0 atom stereocenters. The molecule has 13 heteroatoms. The summed E-state index contributed by atoms with van der Waals surface area (Å²) in [5, 5.41) is 9.65. The van der Waals surface area contributed by atoms with E-state index < -0.39 is 23.5 Å². The number of aromatic nitrogens is 4. The zero-order chi connectivity index (χ0) is 26.2. The summed E-state index contributed by atoms with van der Waals surface area (Å²) >= 11 is 1.46. The molecule has 0 aliphatic rings. The Bertz CT molecular complexity index is 1520. The molecule has 5 aromatic rings. The lowest BCUT2D eigenvalue weighted by Crippen LogP contribution is -2.09. The van der Waals surface area contributed by atoms with Crippen molar-refractivity contribution >= 4 is 40.0 Å². The van der Waals surface area contributed by atoms with Gasteiger partial charge in [-0.3, -0.25) is 4.57 Å². The Morgan fingerprint density at radius 1 is 0.865 bits per heavy atom. The first-order valence-electron chi connectivity index (χ1n) is 10.7. The highest BCUT2D eigenvalue weighted by Crippen LogP contribution is 2.32. The van der Waals surface area contributed by atoms with E-state index >= 15 is 0 Å². The van der Waals surface area contributed by atoms with Crippen molar-refractivity contribution in [2.24, 2.45) is 0 Å². The third-order valence-electron chi connectivity index (χ3n) is 5.36. The Morgan fingerprint density at radius 3 is 2.30 bits per heavy atom. The predicted molar refractivity (Wildman–Crippen MR) is 128 cm³/mol. The second-order valence-corrected chi connectivity index (χ2v) is 8.70. The number of imidazole rings is 1. The van der Waals surface area contributed by atoms with Crippen LogP contribution in [0, 0.1) is 0 Å². The summed E-state index contributed by atoms with van der Waals surface area (Å²) in [5.74, 6) is 0.307. The summed E-state index contributed by atoms with van der Waals surface area (Å²) in [6, 6.07) is 11.1. The SMILES string of the molecule is FC(F)(F)c1ccc(Nc2nc(NCc3cccc(C(F)(F)F)c3)c3ncn(-c4ccsc4)c3n2)cc1. The molecule has 0 saturated carbocycles. The molecule has 0 saturated heterocycles. The zero-order valence-electron chi connectivity index (χ0n) is 18.6. The van der Waals surface area contributed by atoms with Gasteiger partial charge in [-0.25, -0.2) is 4.98 Å². The summed E-state index contributed by atoms with van der Waals surface area (Å²) in [7, 11) is 0. The van der Waals surface area contributed by atoms with Gasteiger partial charge >= 0.3 is 12.4 Å². The second-order valence-electron chi connectivity index (χ2n) is 7.92. The first-order valence-corrected chi connectivity index (χ1v) is 11.6. The first kappa shape index (κ1) is 24.6. The minimum atomic E-state index is -4.48. The fourth-order valence-electron chi connectivity index (χ4n) is 3.58. The molecule has 2 N–H and O–H groups in total. The molecule has 0 aliphatic carbocycles. The fraction of sp³-hybridized carbons (Fsp3) is 0.125. The van der Waals surface area contributed by atoms with Crippen molar-refractivity contribution in [3.63, 3.8) is 0 Å². The van der Waals surface area contributed by atoms with Crippen molar-refractivity contribution in [1.29, 1.82) is 0 Å². The van der Waals surface area contributed by atoms with Gasteiger partial charge in [0.25, 0.3) is 0 Å². The van der Waals surface area contributed by atoms with Crippen molar-refractivity contribution in [3.8, 4) is 5.69 Å². The molecule has 5 rings (SSSR count). The minimum absolute atomic E-state index is 0.0149. The highest BCUT2D eigenvalue weighted by atomic mass is 32.1. The lowest BCUT2D eigenvalue weighted by atomic mass is 10.1. The zero-order valence-corrected chi connectivity index (χ0v) is 19.4. The van der Waals surface area contributed by atoms with Crippen LogP contribution >= 0.6 is 11.3 Å². The van der Waals surface area contributed by atoms with Gasteiger partial charge in [0.15, 0.2) is 17.0 Å². The van der Waals surface area contributed by atoms with E-state index in [-0.39, 0.29) is 18.3 Å². The van der Waals surface area contributed by atoms with E-state index in [0.29, 0.717) is 22.4 Å². The monoisotopic (exact) mass is 534 g/mol. The molecule has 6 nitrogen and oxygen atoms in total. The number of thiophene rings is 1. The Labute approximate surface area is 209 Å². The number of nitrogens with zero attached hydrogens (tertiary/aromatic N) is 4. The van der Waals surface area contributed by atoms with Gasteiger partial charge in [-0.1, -0.05) is 12.1 Å². The Hall–Kier alpha value is -4.13. The number of halogens is 6. The fourth-order valence-corrected chi connectivity index (χ4v) is 4.21. The van der Waals surface area contributed by atoms with Crippen LogP contribution in [0.3, 0.4) is 0 Å². The maximum Gasteiger partial charge on any atom is 0.416 e. The van der Waals surface area contributed by atoms with Crippen LogP contribution in [-0.2, 0) is 18.9 Å². The molecule has 0 spiro atoms. The predicted octanol–water partition coefficient (Wildman–Crippen LogP) is 7.27. The quantitative estimate of drug-likeness (QED) is 0.224. The van der Waals surface area contributed by atoms with Gasteiger partial charge in [0, 0.05) is 17.6 Å². The van der Waals surface area contributed by atoms with Crippen molar-refractivity contribution in [2.75, 3.05) is 10.6 Å². The van der Waals surface area contributed by atoms with Gasteiger partial charge in [-0.15, -0.1) is 0 Å². The van der Waals surface area contributed by atoms with Crippen LogP contribution in [0.5, 0.6) is 0 Å². The smallest absolute Gasteiger partial charge is 0.364 e. The number of alkyl halides is 6. The third-order valence-corrected chi connectivity index (χ3v) is 6.03. The highest BCUT2D eigenvalue weighted by Gasteiger charge is 2.31. The Kier molecular flexibility index (Phi) is 6.23. The molecular formula is C24H16F6N6S. The van der Waals surface area contributed by atoms with Crippen molar-refractivity contribution < 1.29 is 26.3 Å². The largest absolute Gasteiger partial charge is 0.416 e. The van der Waals surface area contributed by atoms with E-state index in [1.807, 2.05) is 16.8 Å². The molecule has 37 heavy (non-hydrogen) atoms. The van der Waals surface area contributed by atoms with E-state index in [1.165, 1.54) is 29.5 Å². The molecule has 0 radical (unpaired) electrons. The summed E-state index contributed by atoms with van der Waals surface area (Å²) in [4.78, 5) is 13.3. The molecule has 0 amide bonds. The number of hydrogen-bond acceptors (Lipinski definition) is 6. The lowest BCUT2D eigenvalue weighted by Gasteiger charge is -2.12. The number of rotatable bonds is 6. The standard InChI is InChI=1S/C24H16F6N6S/c25-23(26,27)15-4-6-17(7-5-15)33-22-34-20(31-11-14-2-1-3-16(10-14)24(28,29)30)19-21(35-22)36(13-32-19)18-8-9-37-12-18/h1-10,12-13H,11H2,(H2,31,33,34,35). The Balaban J connectivity index is 1.49. The minimum Gasteiger partial charge on any atom is -0.364 e. The van der Waals surface area contributed by atoms with Crippen molar-refractivity contribution in [1.82, 2.24) is 19.5 Å². The van der Waals surface area contributed by atoms with Crippen LogP contribution in [0.4, 0.5) is 43.8 Å². The molecule has 0 aliphatic heterocycles. The molecule has 0 fully saturated rings. The maximum atomic E-state index is 13.1. The number of benzene rings is 2. The molecule has 2 aromatic carbocycles. The summed E-state index contributed by atoms with van der Waals surface area (Å²) in [6.45, 7) is 0.0149. The van der Waals surface area contributed by atoms with Gasteiger partial charge in [-0.05, 0) is 53.4 Å². The van der Waals surface area contributed by atoms with Gasteiger partial charge in [0.05, 0.1) is 16.8 Å². The van der Waals surface area contributed by atoms with Gasteiger partial charge in [-0.2, -0.15) is 47.6 Å². The Morgan fingerprint density at radius 2 is 1.62 bits per heavy atom. The van der Waals surface area contributed by atoms with Crippen LogP contribution in [0.2, 0.25) is 0 Å². The van der Waals surface area contributed by atoms with E-state index in [2.05, 4.69) is 25.6 Å². The van der Waals surface area contributed by atoms with Crippen LogP contribution in [0.15, 0.2) is 71.7 Å². The summed E-state index contributed by atoms with van der Waals surface area (Å²) in [6.07, 6.45) is -7.41. The third kappa shape index (κ3) is 5.35.